The van der Waals surface area contributed by atoms with Crippen LogP contribution in [0, 0.1) is 0 Å². The number of carbonyl (C=O) groups excluding carboxylic acids is 1. The maximum Gasteiger partial charge on any atom is 0.170 e. The fourth-order valence-electron chi connectivity index (χ4n) is 3.11. The van der Waals surface area contributed by atoms with E-state index in [4.69, 9.17) is 9.47 Å². The number of Topliss-reactive ketones (excluding diaryl/α,β-unsaturated/α-hetero) is 1. The molecule has 2 aromatic carbocycles. The number of ether oxygens (including phenoxy) is 2. The molecule has 0 amide bonds. The summed E-state index contributed by atoms with van der Waals surface area (Å²) in [5.41, 5.74) is 2.99. The molecule has 0 N–H and O–H groups in total. The second-order valence-corrected chi connectivity index (χ2v) is 7.40. The highest BCUT2D eigenvalue weighted by Gasteiger charge is 2.27. The molecule has 0 bridgehead atoms. The van der Waals surface area contributed by atoms with E-state index in [9.17, 15) is 4.79 Å². The molecule has 0 aliphatic heterocycles. The average molecular weight is 452 g/mol. The third-order valence-corrected chi connectivity index (χ3v) is 4.35. The van der Waals surface area contributed by atoms with Crippen LogP contribution in [0.15, 0.2) is 42.5 Å². The number of hydrogen-bond acceptors (Lipinski definition) is 3. The van der Waals surface area contributed by atoms with Crippen LogP contribution in [-0.4, -0.2) is 24.4 Å². The Morgan fingerprint density at radius 2 is 1.64 bits per heavy atom. The van der Waals surface area contributed by atoms with Gasteiger partial charge in [-0.2, -0.15) is 0 Å². The molecule has 25 heavy (non-hydrogen) atoms. The minimum atomic E-state index is -0.0689. The van der Waals surface area contributed by atoms with E-state index in [1.807, 2.05) is 42.5 Å². The molecule has 1 atom stereocenters. The first-order valence-electron chi connectivity index (χ1n) is 8.55. The fraction of sp³-hybridized carbons (Fsp3) is 0.381. The first kappa shape index (κ1) is 19.8. The molecule has 0 radical (unpaired) electrons. The van der Waals surface area contributed by atoms with Crippen LogP contribution in [0.3, 0.4) is 0 Å². The van der Waals surface area contributed by atoms with Gasteiger partial charge in [-0.3, -0.25) is 4.79 Å². The maximum absolute atomic E-state index is 12.9. The van der Waals surface area contributed by atoms with Gasteiger partial charge in [-0.1, -0.05) is 41.6 Å². The lowest BCUT2D eigenvalue weighted by atomic mass is 9.88. The van der Waals surface area contributed by atoms with Gasteiger partial charge in [0.1, 0.15) is 11.5 Å². The number of benzene rings is 2. The summed E-state index contributed by atoms with van der Waals surface area (Å²) in [6.07, 6.45) is 2.80. The van der Waals surface area contributed by atoms with Gasteiger partial charge in [0.15, 0.2) is 5.78 Å². The van der Waals surface area contributed by atoms with Crippen molar-refractivity contribution in [3.8, 4) is 11.5 Å². The van der Waals surface area contributed by atoms with E-state index in [1.54, 1.807) is 14.2 Å². The Morgan fingerprint density at radius 1 is 1.04 bits per heavy atom. The summed E-state index contributed by atoms with van der Waals surface area (Å²) in [5.74, 6) is 1.77. The topological polar surface area (TPSA) is 35.5 Å². The fourth-order valence-corrected chi connectivity index (χ4v) is 3.11. The quantitative estimate of drug-likeness (QED) is 0.353. The molecule has 1 aliphatic carbocycles. The number of hydrogen-bond donors (Lipinski definition) is 0. The third-order valence-electron chi connectivity index (χ3n) is 4.35. The molecule has 0 saturated carbocycles. The molecule has 0 saturated heterocycles. The van der Waals surface area contributed by atoms with Crippen LogP contribution < -0.4 is 9.47 Å². The van der Waals surface area contributed by atoms with E-state index in [1.165, 1.54) is 4.43 Å². The molecule has 3 rings (SSSR count). The largest absolute Gasteiger partial charge is 0.497 e. The van der Waals surface area contributed by atoms with Crippen molar-refractivity contribution in [1.29, 1.82) is 0 Å². The molecule has 0 heterocycles. The smallest absolute Gasteiger partial charge is 0.170 e. The van der Waals surface area contributed by atoms with Crippen LogP contribution in [0.1, 0.15) is 47.2 Å². The highest BCUT2D eigenvalue weighted by Crippen LogP contribution is 2.33. The molecule has 1 unspecified atom stereocenters. The zero-order valence-corrected chi connectivity index (χ0v) is 17.2. The van der Waals surface area contributed by atoms with Gasteiger partial charge in [0, 0.05) is 11.5 Å². The lowest BCUT2D eigenvalue weighted by Gasteiger charge is -2.15. The first-order chi connectivity index (χ1) is 12.1. The van der Waals surface area contributed by atoms with Gasteiger partial charge >= 0.3 is 0 Å². The van der Waals surface area contributed by atoms with Crippen LogP contribution in [-0.2, 0) is 6.42 Å². The molecule has 4 heteroatoms. The van der Waals surface area contributed by atoms with Crippen molar-refractivity contribution in [2.75, 3.05) is 18.6 Å². The van der Waals surface area contributed by atoms with Crippen molar-refractivity contribution < 1.29 is 14.3 Å². The molecule has 0 fully saturated rings. The van der Waals surface area contributed by atoms with Crippen LogP contribution in [0.2, 0.25) is 0 Å². The van der Waals surface area contributed by atoms with E-state index in [2.05, 4.69) is 29.5 Å². The number of methoxy groups -OCH3 is 2. The van der Waals surface area contributed by atoms with Gasteiger partial charge in [-0.05, 0) is 65.1 Å². The molecular formula is C21H25IO3. The van der Waals surface area contributed by atoms with E-state index in [0.717, 1.165) is 47.5 Å². The second kappa shape index (κ2) is 9.80. The van der Waals surface area contributed by atoms with Crippen molar-refractivity contribution in [3.63, 3.8) is 0 Å². The Bertz CT molecular complexity index is 695. The Morgan fingerprint density at radius 3 is 2.24 bits per heavy atom. The zero-order chi connectivity index (χ0) is 18.2. The predicted molar refractivity (Wildman–Crippen MR) is 111 cm³/mol. The monoisotopic (exact) mass is 452 g/mol. The van der Waals surface area contributed by atoms with Gasteiger partial charge in [0.2, 0.25) is 0 Å². The number of fused-ring (bicyclic) bond motifs is 1. The molecule has 2 aromatic rings. The van der Waals surface area contributed by atoms with Crippen molar-refractivity contribution in [2.45, 2.75) is 32.1 Å². The van der Waals surface area contributed by atoms with Crippen molar-refractivity contribution in [1.82, 2.24) is 0 Å². The van der Waals surface area contributed by atoms with Gasteiger partial charge < -0.3 is 9.47 Å². The standard InChI is InChI=1S/C19H20O3.C2H5I/c1-21-15-8-6-13(7-9-15)17-5-3-4-14-12-16(22-2)10-11-18(14)19(17)20;1-2-3/h6-12,17H,3-5H2,1-2H3;2H2,1H3. The number of ketones is 1. The maximum atomic E-state index is 12.9. The summed E-state index contributed by atoms with van der Waals surface area (Å²) in [6, 6.07) is 13.6. The van der Waals surface area contributed by atoms with Gasteiger partial charge in [0.25, 0.3) is 0 Å². The van der Waals surface area contributed by atoms with Gasteiger partial charge in [-0.15, -0.1) is 0 Å². The SMILES string of the molecule is CCI.COc1ccc(C2CCCc3cc(OC)ccc3C2=O)cc1. The lowest BCUT2D eigenvalue weighted by Crippen LogP contribution is -2.12. The number of rotatable bonds is 3. The molecule has 0 aromatic heterocycles. The Labute approximate surface area is 163 Å². The van der Waals surface area contributed by atoms with Crippen LogP contribution in [0.25, 0.3) is 0 Å². The summed E-state index contributed by atoms with van der Waals surface area (Å²) in [4.78, 5) is 12.9. The second-order valence-electron chi connectivity index (χ2n) is 5.87. The van der Waals surface area contributed by atoms with E-state index in [-0.39, 0.29) is 11.7 Å². The number of alkyl halides is 1. The molecule has 3 nitrogen and oxygen atoms in total. The number of halogens is 1. The Hall–Kier alpha value is -1.56. The lowest BCUT2D eigenvalue weighted by molar-refractivity contribution is 0.0957. The molecular weight excluding hydrogens is 427 g/mol. The molecule has 1 aliphatic rings. The highest BCUT2D eigenvalue weighted by molar-refractivity contribution is 14.1. The minimum absolute atomic E-state index is 0.0689. The third kappa shape index (κ3) is 4.97. The summed E-state index contributed by atoms with van der Waals surface area (Å²) >= 11 is 2.29. The van der Waals surface area contributed by atoms with Crippen molar-refractivity contribution in [3.05, 3.63) is 59.2 Å². The normalized spacial score (nSPS) is 16.2. The minimum Gasteiger partial charge on any atom is -0.497 e. The Balaban J connectivity index is 0.000000701. The van der Waals surface area contributed by atoms with Crippen LogP contribution >= 0.6 is 22.6 Å². The first-order valence-corrected chi connectivity index (χ1v) is 10.1. The highest BCUT2D eigenvalue weighted by atomic mass is 127. The summed E-state index contributed by atoms with van der Waals surface area (Å²) in [7, 11) is 3.30. The predicted octanol–water partition coefficient (Wildman–Crippen LogP) is 5.45. The summed E-state index contributed by atoms with van der Waals surface area (Å²) in [5, 5.41) is 0. The van der Waals surface area contributed by atoms with E-state index in [0.29, 0.717) is 0 Å². The van der Waals surface area contributed by atoms with Crippen molar-refractivity contribution in [2.24, 2.45) is 0 Å². The average Bonchev–Trinajstić information content (AvgIpc) is 2.81. The summed E-state index contributed by atoms with van der Waals surface area (Å²) in [6.45, 7) is 2.11. The number of aryl methyl sites for hydroxylation is 1. The van der Waals surface area contributed by atoms with Crippen molar-refractivity contribution >= 4 is 28.4 Å². The molecule has 134 valence electrons. The van der Waals surface area contributed by atoms with Crippen LogP contribution in [0.4, 0.5) is 0 Å². The number of carbonyl (C=O) groups is 1. The molecule has 0 spiro atoms. The van der Waals surface area contributed by atoms with E-state index < -0.39 is 0 Å². The van der Waals surface area contributed by atoms with Gasteiger partial charge in [-0.25, -0.2) is 0 Å². The Kier molecular flexibility index (Phi) is 7.75. The van der Waals surface area contributed by atoms with E-state index >= 15 is 0 Å². The zero-order valence-electron chi connectivity index (χ0n) is 15.0. The van der Waals surface area contributed by atoms with Gasteiger partial charge in [0.05, 0.1) is 14.2 Å². The summed E-state index contributed by atoms with van der Waals surface area (Å²) < 4.78 is 11.7. The van der Waals surface area contributed by atoms with Crippen LogP contribution in [0.5, 0.6) is 11.5 Å².